The molecule has 30 heavy (non-hydrogen) atoms. The average Bonchev–Trinajstić information content (AvgIpc) is 2.67. The molecule has 3 rings (SSSR count). The van der Waals surface area contributed by atoms with Crippen LogP contribution in [0.15, 0.2) is 18.2 Å². The van der Waals surface area contributed by atoms with Gasteiger partial charge in [0.25, 0.3) is 5.91 Å². The molecule has 0 radical (unpaired) electrons. The second kappa shape index (κ2) is 9.84. The number of piperidine rings is 1. The highest BCUT2D eigenvalue weighted by Crippen LogP contribution is 2.39. The molecule has 1 unspecified atom stereocenters. The molecule has 2 N–H and O–H groups in total. The van der Waals surface area contributed by atoms with E-state index in [-0.39, 0.29) is 17.2 Å². The standard InChI is InChI=1S/C17H23ClN2O3.C2HF3O2/c1-23-10-9-20-8-6-17(20)5-2-7-19(12-17)16(22)14-4-3-13(18)11-15(14)21;3-2(4,5)1(6)7/h3-4,11,21H,2,5-10,12H2,1H3;(H,6,7). The number of carboxylic acids is 1. The molecule has 2 heterocycles. The molecule has 0 aliphatic carbocycles. The Labute approximate surface area is 177 Å². The molecule has 2 saturated heterocycles. The number of halogens is 4. The Kier molecular flexibility index (Phi) is 7.95. The van der Waals surface area contributed by atoms with Gasteiger partial charge in [-0.25, -0.2) is 4.79 Å². The third kappa shape index (κ3) is 5.77. The van der Waals surface area contributed by atoms with Crippen LogP contribution in [0.2, 0.25) is 5.02 Å². The number of carboxylic acid groups (broad SMARTS) is 1. The summed E-state index contributed by atoms with van der Waals surface area (Å²) in [6, 6.07) is 4.66. The Morgan fingerprint density at radius 1 is 1.27 bits per heavy atom. The predicted molar refractivity (Wildman–Crippen MR) is 103 cm³/mol. The van der Waals surface area contributed by atoms with Crippen LogP contribution in [-0.2, 0) is 9.53 Å². The summed E-state index contributed by atoms with van der Waals surface area (Å²) >= 11 is 5.85. The number of methoxy groups -OCH3 is 1. The highest BCUT2D eigenvalue weighted by atomic mass is 35.5. The van der Waals surface area contributed by atoms with Crippen LogP contribution in [0, 0.1) is 0 Å². The van der Waals surface area contributed by atoms with E-state index in [0.29, 0.717) is 17.2 Å². The van der Waals surface area contributed by atoms with E-state index in [1.54, 1.807) is 19.2 Å². The number of alkyl halides is 3. The Balaban J connectivity index is 0.000000396. The fourth-order valence-electron chi connectivity index (χ4n) is 3.74. The van der Waals surface area contributed by atoms with Crippen LogP contribution >= 0.6 is 11.6 Å². The molecule has 11 heteroatoms. The second-order valence-corrected chi connectivity index (χ2v) is 7.69. The summed E-state index contributed by atoms with van der Waals surface area (Å²) in [6.45, 7) is 4.15. The number of carbonyl (C=O) groups is 2. The summed E-state index contributed by atoms with van der Waals surface area (Å²) in [6.07, 6.45) is -1.86. The fraction of sp³-hybridized carbons (Fsp3) is 0.579. The zero-order valence-corrected chi connectivity index (χ0v) is 17.2. The van der Waals surface area contributed by atoms with Crippen LogP contribution in [0.4, 0.5) is 13.2 Å². The molecular weight excluding hydrogens is 429 g/mol. The number of amides is 1. The van der Waals surface area contributed by atoms with Gasteiger partial charge in [0.1, 0.15) is 5.75 Å². The van der Waals surface area contributed by atoms with Gasteiger partial charge >= 0.3 is 12.1 Å². The quantitative estimate of drug-likeness (QED) is 0.730. The lowest BCUT2D eigenvalue weighted by molar-refractivity contribution is -0.192. The molecule has 1 amide bonds. The van der Waals surface area contributed by atoms with E-state index in [2.05, 4.69) is 4.90 Å². The molecule has 0 aromatic heterocycles. The van der Waals surface area contributed by atoms with Gasteiger partial charge in [0.05, 0.1) is 12.2 Å². The maximum Gasteiger partial charge on any atom is 0.490 e. The zero-order chi connectivity index (χ0) is 22.5. The molecule has 0 saturated carbocycles. The fourth-order valence-corrected chi connectivity index (χ4v) is 3.91. The summed E-state index contributed by atoms with van der Waals surface area (Å²) < 4.78 is 36.9. The molecular formula is C19H24ClF3N2O5. The van der Waals surface area contributed by atoms with Crippen molar-refractivity contribution in [3.8, 4) is 5.75 Å². The maximum atomic E-state index is 12.8. The second-order valence-electron chi connectivity index (χ2n) is 7.25. The molecule has 7 nitrogen and oxygen atoms in total. The van der Waals surface area contributed by atoms with Crippen molar-refractivity contribution in [3.05, 3.63) is 28.8 Å². The molecule has 1 aromatic carbocycles. The number of hydrogen-bond acceptors (Lipinski definition) is 5. The van der Waals surface area contributed by atoms with Crippen molar-refractivity contribution in [1.82, 2.24) is 9.80 Å². The Morgan fingerprint density at radius 2 is 1.93 bits per heavy atom. The molecule has 2 fully saturated rings. The smallest absolute Gasteiger partial charge is 0.490 e. The van der Waals surface area contributed by atoms with Crippen molar-refractivity contribution >= 4 is 23.5 Å². The first-order valence-electron chi connectivity index (χ1n) is 9.32. The number of likely N-dealkylation sites (tertiary alicyclic amines) is 2. The van der Waals surface area contributed by atoms with Crippen molar-refractivity contribution in [2.24, 2.45) is 0 Å². The summed E-state index contributed by atoms with van der Waals surface area (Å²) in [4.78, 5) is 26.0. The van der Waals surface area contributed by atoms with Crippen LogP contribution in [0.5, 0.6) is 5.75 Å². The zero-order valence-electron chi connectivity index (χ0n) is 16.4. The highest BCUT2D eigenvalue weighted by Gasteiger charge is 2.47. The number of aromatic hydroxyl groups is 1. The number of phenols is 1. The Hall–Kier alpha value is -2.04. The first-order chi connectivity index (χ1) is 14.0. The number of aliphatic carboxylic acids is 1. The number of benzene rings is 1. The number of nitrogens with zero attached hydrogens (tertiary/aromatic N) is 2. The van der Waals surface area contributed by atoms with E-state index in [0.717, 1.165) is 45.4 Å². The van der Waals surface area contributed by atoms with E-state index >= 15 is 0 Å². The lowest BCUT2D eigenvalue weighted by Crippen LogP contribution is -2.67. The molecule has 1 spiro atoms. The van der Waals surface area contributed by atoms with Crippen LogP contribution in [0.1, 0.15) is 29.6 Å². The molecule has 2 aliphatic rings. The van der Waals surface area contributed by atoms with E-state index in [1.165, 1.54) is 6.07 Å². The van der Waals surface area contributed by atoms with E-state index in [4.69, 9.17) is 26.2 Å². The molecule has 2 aliphatic heterocycles. The van der Waals surface area contributed by atoms with Gasteiger partial charge in [-0.05, 0) is 37.5 Å². The molecule has 1 aromatic rings. The first-order valence-corrected chi connectivity index (χ1v) is 9.70. The Morgan fingerprint density at radius 3 is 2.43 bits per heavy atom. The van der Waals surface area contributed by atoms with Crippen molar-refractivity contribution in [2.45, 2.75) is 31.0 Å². The summed E-state index contributed by atoms with van der Waals surface area (Å²) in [5.41, 5.74) is 0.420. The Bertz CT molecular complexity index is 777. The minimum Gasteiger partial charge on any atom is -0.507 e. The van der Waals surface area contributed by atoms with Gasteiger partial charge in [-0.1, -0.05) is 11.6 Å². The molecule has 1 atom stereocenters. The number of carbonyl (C=O) groups excluding carboxylic acids is 1. The first kappa shape index (κ1) is 24.2. The third-order valence-corrected chi connectivity index (χ3v) is 5.59. The van der Waals surface area contributed by atoms with Gasteiger partial charge in [0, 0.05) is 43.9 Å². The van der Waals surface area contributed by atoms with Crippen molar-refractivity contribution in [3.63, 3.8) is 0 Å². The SMILES string of the molecule is COCCN1CCC12CCCN(C(=O)c1ccc(Cl)cc1O)C2.O=C(O)C(F)(F)F. The van der Waals surface area contributed by atoms with Gasteiger partial charge in [0.15, 0.2) is 0 Å². The largest absolute Gasteiger partial charge is 0.507 e. The topological polar surface area (TPSA) is 90.3 Å². The minimum absolute atomic E-state index is 0.0491. The van der Waals surface area contributed by atoms with E-state index in [9.17, 15) is 23.1 Å². The lowest BCUT2D eigenvalue weighted by Gasteiger charge is -2.57. The number of phenolic OH excluding ortho intramolecular Hbond substituents is 1. The van der Waals surface area contributed by atoms with Crippen molar-refractivity contribution in [1.29, 1.82) is 0 Å². The highest BCUT2D eigenvalue weighted by molar-refractivity contribution is 6.30. The number of hydrogen-bond donors (Lipinski definition) is 2. The van der Waals surface area contributed by atoms with Gasteiger partial charge in [0.2, 0.25) is 0 Å². The van der Waals surface area contributed by atoms with Gasteiger partial charge < -0.3 is 19.8 Å². The maximum absolute atomic E-state index is 12.8. The van der Waals surface area contributed by atoms with Crippen LogP contribution in [0.25, 0.3) is 0 Å². The number of rotatable bonds is 4. The minimum atomic E-state index is -5.08. The van der Waals surface area contributed by atoms with Gasteiger partial charge in [-0.2, -0.15) is 13.2 Å². The lowest BCUT2D eigenvalue weighted by atomic mass is 9.77. The summed E-state index contributed by atoms with van der Waals surface area (Å²) in [5, 5.41) is 17.6. The van der Waals surface area contributed by atoms with Gasteiger partial charge in [-0.3, -0.25) is 9.69 Å². The normalized spacial score (nSPS) is 21.6. The van der Waals surface area contributed by atoms with Crippen molar-refractivity contribution in [2.75, 3.05) is 39.9 Å². The summed E-state index contributed by atoms with van der Waals surface area (Å²) in [5.74, 6) is -2.92. The third-order valence-electron chi connectivity index (χ3n) is 5.36. The van der Waals surface area contributed by atoms with E-state index < -0.39 is 12.1 Å². The monoisotopic (exact) mass is 452 g/mol. The van der Waals surface area contributed by atoms with Crippen LogP contribution in [0.3, 0.4) is 0 Å². The van der Waals surface area contributed by atoms with Crippen LogP contribution in [-0.4, -0.2) is 83.5 Å². The summed E-state index contributed by atoms with van der Waals surface area (Å²) in [7, 11) is 1.71. The predicted octanol–water partition coefficient (Wildman–Crippen LogP) is 3.01. The van der Waals surface area contributed by atoms with E-state index in [1.807, 2.05) is 4.90 Å². The molecule has 168 valence electrons. The van der Waals surface area contributed by atoms with Gasteiger partial charge in [-0.15, -0.1) is 0 Å². The van der Waals surface area contributed by atoms with Crippen LogP contribution < -0.4 is 0 Å². The number of ether oxygens (including phenoxy) is 1. The molecule has 0 bridgehead atoms. The average molecular weight is 453 g/mol. The van der Waals surface area contributed by atoms with Crippen molar-refractivity contribution < 1.29 is 37.7 Å².